The molecule has 0 radical (unpaired) electrons. The van der Waals surface area contributed by atoms with E-state index in [9.17, 15) is 17.1 Å². The summed E-state index contributed by atoms with van der Waals surface area (Å²) in [7, 11) is -4.44. The standard InChI is InChI=1S/C5H7FO3S/c6-10(8,9)3-4-1-2-5(4)7/h4H,1-3H2. The molecule has 0 aliphatic heterocycles. The molecule has 1 saturated carbocycles. The van der Waals surface area contributed by atoms with Crippen LogP contribution in [-0.4, -0.2) is 20.0 Å². The average Bonchev–Trinajstić information content (AvgIpc) is 1.78. The van der Waals surface area contributed by atoms with Crippen molar-refractivity contribution in [3.63, 3.8) is 0 Å². The average molecular weight is 166 g/mol. The van der Waals surface area contributed by atoms with Gasteiger partial charge in [0.25, 0.3) is 0 Å². The van der Waals surface area contributed by atoms with E-state index in [1.54, 1.807) is 0 Å². The molecule has 0 aromatic rings. The molecular weight excluding hydrogens is 159 g/mol. The minimum atomic E-state index is -4.44. The Labute approximate surface area is 58.4 Å². The van der Waals surface area contributed by atoms with Crippen molar-refractivity contribution >= 4 is 16.0 Å². The van der Waals surface area contributed by atoms with E-state index in [0.29, 0.717) is 12.8 Å². The van der Waals surface area contributed by atoms with Crippen LogP contribution < -0.4 is 0 Å². The lowest BCUT2D eigenvalue weighted by Crippen LogP contribution is -2.30. The van der Waals surface area contributed by atoms with Crippen molar-refractivity contribution in [3.8, 4) is 0 Å². The first-order valence-electron chi connectivity index (χ1n) is 2.94. The Bertz CT molecular complexity index is 244. The lowest BCUT2D eigenvalue weighted by Gasteiger charge is -2.21. The lowest BCUT2D eigenvalue weighted by atomic mass is 9.86. The first kappa shape index (κ1) is 7.65. The van der Waals surface area contributed by atoms with Gasteiger partial charge in [0.15, 0.2) is 0 Å². The van der Waals surface area contributed by atoms with E-state index in [0.717, 1.165) is 0 Å². The Morgan fingerprint density at radius 2 is 2.20 bits per heavy atom. The number of ketones is 1. The van der Waals surface area contributed by atoms with Gasteiger partial charge < -0.3 is 0 Å². The molecule has 5 heteroatoms. The lowest BCUT2D eigenvalue weighted by molar-refractivity contribution is -0.128. The molecule has 10 heavy (non-hydrogen) atoms. The van der Waals surface area contributed by atoms with Crippen molar-refractivity contribution in [3.05, 3.63) is 0 Å². The summed E-state index contributed by atoms with van der Waals surface area (Å²) in [5, 5.41) is 0. The second-order valence-corrected chi connectivity index (χ2v) is 3.82. The van der Waals surface area contributed by atoms with E-state index in [-0.39, 0.29) is 5.78 Å². The summed E-state index contributed by atoms with van der Waals surface area (Å²) >= 11 is 0. The molecule has 3 nitrogen and oxygen atoms in total. The van der Waals surface area contributed by atoms with Crippen molar-refractivity contribution in [1.82, 2.24) is 0 Å². The van der Waals surface area contributed by atoms with Gasteiger partial charge in [0.1, 0.15) is 5.78 Å². The summed E-state index contributed by atoms with van der Waals surface area (Å²) in [6, 6.07) is 0. The Balaban J connectivity index is 2.48. The second-order valence-electron chi connectivity index (χ2n) is 2.41. The van der Waals surface area contributed by atoms with E-state index in [2.05, 4.69) is 0 Å². The summed E-state index contributed by atoms with van der Waals surface area (Å²) in [4.78, 5) is 10.5. The van der Waals surface area contributed by atoms with Crippen LogP contribution in [0.2, 0.25) is 0 Å². The van der Waals surface area contributed by atoms with Crippen LogP contribution in [0.4, 0.5) is 3.89 Å². The molecule has 1 aliphatic rings. The fourth-order valence-corrected chi connectivity index (χ4v) is 1.72. The van der Waals surface area contributed by atoms with E-state index in [4.69, 9.17) is 0 Å². The van der Waals surface area contributed by atoms with E-state index >= 15 is 0 Å². The largest absolute Gasteiger partial charge is 0.303 e. The van der Waals surface area contributed by atoms with Crippen LogP contribution >= 0.6 is 0 Å². The molecule has 0 aromatic carbocycles. The first-order valence-corrected chi connectivity index (χ1v) is 4.49. The van der Waals surface area contributed by atoms with Gasteiger partial charge in [0, 0.05) is 12.3 Å². The number of halogens is 1. The van der Waals surface area contributed by atoms with Gasteiger partial charge in [-0.2, -0.15) is 8.42 Å². The predicted molar refractivity (Wildman–Crippen MR) is 32.6 cm³/mol. The van der Waals surface area contributed by atoms with Crippen LogP contribution in [0.25, 0.3) is 0 Å². The molecule has 1 rings (SSSR count). The second kappa shape index (κ2) is 2.30. The predicted octanol–water partition coefficient (Wildman–Crippen LogP) is 0.265. The Hall–Kier alpha value is -0.450. The Morgan fingerprint density at radius 3 is 2.30 bits per heavy atom. The molecular formula is C5H7FO3S. The monoisotopic (exact) mass is 166 g/mol. The quantitative estimate of drug-likeness (QED) is 0.553. The summed E-state index contributed by atoms with van der Waals surface area (Å²) < 4.78 is 31.8. The molecule has 0 amide bonds. The van der Waals surface area contributed by atoms with Gasteiger partial charge in [0.2, 0.25) is 0 Å². The molecule has 0 N–H and O–H groups in total. The molecule has 1 atom stereocenters. The van der Waals surface area contributed by atoms with Gasteiger partial charge in [-0.3, -0.25) is 4.79 Å². The van der Waals surface area contributed by atoms with Crippen LogP contribution in [0.1, 0.15) is 12.8 Å². The van der Waals surface area contributed by atoms with Crippen LogP contribution in [-0.2, 0) is 15.0 Å². The maximum absolute atomic E-state index is 11.9. The van der Waals surface area contributed by atoms with Crippen molar-refractivity contribution in [2.45, 2.75) is 12.8 Å². The number of rotatable bonds is 2. The van der Waals surface area contributed by atoms with Crippen LogP contribution in [0, 0.1) is 5.92 Å². The number of carbonyl (C=O) groups excluding carboxylic acids is 1. The van der Waals surface area contributed by atoms with E-state index in [1.165, 1.54) is 0 Å². The highest BCUT2D eigenvalue weighted by Crippen LogP contribution is 2.23. The van der Waals surface area contributed by atoms with Gasteiger partial charge in [-0.15, -0.1) is 3.89 Å². The Kier molecular flexibility index (Phi) is 1.76. The highest BCUT2D eigenvalue weighted by atomic mass is 32.3. The third-order valence-electron chi connectivity index (χ3n) is 1.59. The maximum Gasteiger partial charge on any atom is 0.303 e. The summed E-state index contributed by atoms with van der Waals surface area (Å²) in [5.41, 5.74) is 0. The number of hydrogen-bond acceptors (Lipinski definition) is 3. The van der Waals surface area contributed by atoms with Gasteiger partial charge in [-0.05, 0) is 6.42 Å². The van der Waals surface area contributed by atoms with Gasteiger partial charge in [0.05, 0.1) is 5.75 Å². The van der Waals surface area contributed by atoms with Crippen LogP contribution in [0.5, 0.6) is 0 Å². The van der Waals surface area contributed by atoms with Gasteiger partial charge >= 0.3 is 10.2 Å². The van der Waals surface area contributed by atoms with Crippen LogP contribution in [0.3, 0.4) is 0 Å². The number of Topliss-reactive ketones (excluding diaryl/α,β-unsaturated/α-hetero) is 1. The van der Waals surface area contributed by atoms with Crippen molar-refractivity contribution in [1.29, 1.82) is 0 Å². The van der Waals surface area contributed by atoms with Crippen molar-refractivity contribution in [2.75, 3.05) is 5.75 Å². The SMILES string of the molecule is O=C1CCC1CS(=O)(=O)F. The first-order chi connectivity index (χ1) is 4.49. The molecule has 0 spiro atoms. The molecule has 1 aliphatic carbocycles. The summed E-state index contributed by atoms with van der Waals surface area (Å²) in [6.45, 7) is 0. The zero-order valence-corrected chi connectivity index (χ0v) is 6.03. The topological polar surface area (TPSA) is 51.2 Å². The van der Waals surface area contributed by atoms with Gasteiger partial charge in [-0.25, -0.2) is 0 Å². The van der Waals surface area contributed by atoms with E-state index in [1.807, 2.05) is 0 Å². The number of hydrogen-bond donors (Lipinski definition) is 0. The molecule has 0 aromatic heterocycles. The summed E-state index contributed by atoms with van der Waals surface area (Å²) in [5.74, 6) is -1.32. The highest BCUT2D eigenvalue weighted by molar-refractivity contribution is 7.86. The molecule has 58 valence electrons. The smallest absolute Gasteiger partial charge is 0.299 e. The third kappa shape index (κ3) is 1.76. The zero-order chi connectivity index (χ0) is 7.78. The van der Waals surface area contributed by atoms with Crippen molar-refractivity contribution in [2.24, 2.45) is 5.92 Å². The molecule has 0 heterocycles. The number of carbonyl (C=O) groups is 1. The minimum absolute atomic E-state index is 0.138. The maximum atomic E-state index is 11.9. The van der Waals surface area contributed by atoms with Crippen molar-refractivity contribution < 1.29 is 17.1 Å². The van der Waals surface area contributed by atoms with Crippen LogP contribution in [0.15, 0.2) is 0 Å². The Morgan fingerprint density at radius 1 is 1.60 bits per heavy atom. The minimum Gasteiger partial charge on any atom is -0.299 e. The fraction of sp³-hybridized carbons (Fsp3) is 0.800. The van der Waals surface area contributed by atoms with Gasteiger partial charge in [-0.1, -0.05) is 0 Å². The van der Waals surface area contributed by atoms with E-state index < -0.39 is 21.9 Å². The fourth-order valence-electron chi connectivity index (χ4n) is 0.883. The highest BCUT2D eigenvalue weighted by Gasteiger charge is 2.32. The normalized spacial score (nSPS) is 26.1. The zero-order valence-electron chi connectivity index (χ0n) is 5.21. The molecule has 0 bridgehead atoms. The molecule has 1 unspecified atom stereocenters. The third-order valence-corrected chi connectivity index (χ3v) is 2.40. The molecule has 1 fully saturated rings. The molecule has 0 saturated heterocycles. The summed E-state index contributed by atoms with van der Waals surface area (Å²) in [6.07, 6.45) is 0.919.